The third-order valence-electron chi connectivity index (χ3n) is 2.64. The second-order valence-corrected chi connectivity index (χ2v) is 5.04. The van der Waals surface area contributed by atoms with Crippen molar-refractivity contribution >= 4 is 33.3 Å². The van der Waals surface area contributed by atoms with Gasteiger partial charge in [-0.2, -0.15) is 0 Å². The highest BCUT2D eigenvalue weighted by atomic mass is 79.9. The molecule has 0 saturated carbocycles. The van der Waals surface area contributed by atoms with E-state index in [0.717, 1.165) is 12.8 Å². The predicted octanol–water partition coefficient (Wildman–Crippen LogP) is 2.74. The van der Waals surface area contributed by atoms with Crippen LogP contribution >= 0.6 is 27.5 Å². The van der Waals surface area contributed by atoms with E-state index in [-0.39, 0.29) is 11.1 Å². The van der Waals surface area contributed by atoms with Gasteiger partial charge in [0.25, 0.3) is 5.56 Å². The lowest BCUT2D eigenvalue weighted by Crippen LogP contribution is -2.35. The number of hydrogen-bond donors (Lipinski definition) is 2. The van der Waals surface area contributed by atoms with Gasteiger partial charge in [-0.3, -0.25) is 4.79 Å². The van der Waals surface area contributed by atoms with Crippen LogP contribution in [0.15, 0.2) is 15.6 Å². The summed E-state index contributed by atoms with van der Waals surface area (Å²) < 4.78 is 0.421. The first-order valence-corrected chi connectivity index (χ1v) is 6.42. The zero-order valence-corrected chi connectivity index (χ0v) is 11.7. The van der Waals surface area contributed by atoms with E-state index in [1.807, 2.05) is 0 Å². The van der Waals surface area contributed by atoms with Crippen molar-refractivity contribution in [2.75, 3.05) is 11.2 Å². The number of anilines is 1. The van der Waals surface area contributed by atoms with Gasteiger partial charge in [-0.05, 0) is 35.7 Å². The molecule has 1 aromatic rings. The minimum Gasteiger partial charge on any atom is -0.364 e. The van der Waals surface area contributed by atoms with Crippen molar-refractivity contribution in [2.45, 2.75) is 32.2 Å². The molecule has 1 unspecified atom stereocenters. The van der Waals surface area contributed by atoms with Crippen molar-refractivity contribution in [3.8, 4) is 0 Å². The van der Waals surface area contributed by atoms with Crippen LogP contribution in [0.2, 0.25) is 0 Å². The second kappa shape index (κ2) is 5.68. The van der Waals surface area contributed by atoms with Gasteiger partial charge in [0.2, 0.25) is 0 Å². The third kappa shape index (κ3) is 3.22. The number of aromatic nitrogens is 2. The number of halogens is 2. The van der Waals surface area contributed by atoms with Crippen LogP contribution in [-0.4, -0.2) is 21.4 Å². The van der Waals surface area contributed by atoms with Gasteiger partial charge in [0.05, 0.1) is 6.33 Å². The van der Waals surface area contributed by atoms with Gasteiger partial charge in [-0.15, -0.1) is 11.6 Å². The standard InChI is InChI=1S/C10H15BrClN3O/c1-3-10(2,4-5-12)15-8-7(11)9(16)14-6-13-8/h6H,3-5H2,1-2H3,(H2,13,14,15,16). The first-order valence-electron chi connectivity index (χ1n) is 5.10. The highest BCUT2D eigenvalue weighted by Gasteiger charge is 2.22. The Morgan fingerprint density at radius 2 is 2.38 bits per heavy atom. The SMILES string of the molecule is CCC(C)(CCCl)Nc1nc[nH]c(=O)c1Br. The van der Waals surface area contributed by atoms with Crippen molar-refractivity contribution in [2.24, 2.45) is 0 Å². The number of hydrogen-bond acceptors (Lipinski definition) is 3. The number of aromatic amines is 1. The zero-order chi connectivity index (χ0) is 12.2. The summed E-state index contributed by atoms with van der Waals surface area (Å²) in [5, 5.41) is 3.25. The summed E-state index contributed by atoms with van der Waals surface area (Å²) in [5.74, 6) is 1.12. The van der Waals surface area contributed by atoms with E-state index in [9.17, 15) is 4.79 Å². The Labute approximate surface area is 108 Å². The number of rotatable bonds is 5. The first kappa shape index (κ1) is 13.5. The van der Waals surface area contributed by atoms with Gasteiger partial charge >= 0.3 is 0 Å². The average Bonchev–Trinajstić information content (AvgIpc) is 2.25. The number of H-pyrrole nitrogens is 1. The monoisotopic (exact) mass is 307 g/mol. The summed E-state index contributed by atoms with van der Waals surface area (Å²) in [7, 11) is 0. The second-order valence-electron chi connectivity index (χ2n) is 3.87. The highest BCUT2D eigenvalue weighted by molar-refractivity contribution is 9.10. The van der Waals surface area contributed by atoms with E-state index in [4.69, 9.17) is 11.6 Å². The van der Waals surface area contributed by atoms with Crippen molar-refractivity contribution in [1.82, 2.24) is 9.97 Å². The number of nitrogens with one attached hydrogen (secondary N) is 2. The van der Waals surface area contributed by atoms with Crippen molar-refractivity contribution < 1.29 is 0 Å². The Morgan fingerprint density at radius 1 is 1.69 bits per heavy atom. The van der Waals surface area contributed by atoms with Crippen molar-refractivity contribution in [3.63, 3.8) is 0 Å². The molecule has 4 nitrogen and oxygen atoms in total. The quantitative estimate of drug-likeness (QED) is 0.822. The summed E-state index contributed by atoms with van der Waals surface area (Å²) in [4.78, 5) is 18.0. The van der Waals surface area contributed by atoms with Gasteiger partial charge in [-0.25, -0.2) is 4.98 Å². The lowest BCUT2D eigenvalue weighted by atomic mass is 9.95. The normalized spacial score (nSPS) is 14.5. The fraction of sp³-hybridized carbons (Fsp3) is 0.600. The van der Waals surface area contributed by atoms with E-state index < -0.39 is 0 Å². The van der Waals surface area contributed by atoms with Crippen molar-refractivity contribution in [3.05, 3.63) is 21.2 Å². The summed E-state index contributed by atoms with van der Waals surface area (Å²) in [5.41, 5.74) is -0.341. The van der Waals surface area contributed by atoms with Crippen LogP contribution in [-0.2, 0) is 0 Å². The van der Waals surface area contributed by atoms with E-state index in [2.05, 4.69) is 45.1 Å². The molecule has 1 rings (SSSR count). The molecule has 0 aliphatic rings. The first-order chi connectivity index (χ1) is 7.52. The Bertz CT molecular complexity index is 409. The Morgan fingerprint density at radius 3 is 2.94 bits per heavy atom. The maximum absolute atomic E-state index is 11.4. The maximum atomic E-state index is 11.4. The van der Waals surface area contributed by atoms with Crippen LogP contribution in [0.5, 0.6) is 0 Å². The fourth-order valence-electron chi connectivity index (χ4n) is 1.29. The Kier molecular flexibility index (Phi) is 4.80. The number of nitrogens with zero attached hydrogens (tertiary/aromatic N) is 1. The Balaban J connectivity index is 2.94. The molecule has 0 aliphatic carbocycles. The average molecular weight is 309 g/mol. The molecule has 1 atom stereocenters. The molecule has 0 saturated heterocycles. The van der Waals surface area contributed by atoms with E-state index >= 15 is 0 Å². The van der Waals surface area contributed by atoms with E-state index in [1.165, 1.54) is 6.33 Å². The molecule has 1 heterocycles. The summed E-state index contributed by atoms with van der Waals surface area (Å²) >= 11 is 8.97. The van der Waals surface area contributed by atoms with Crippen molar-refractivity contribution in [1.29, 1.82) is 0 Å². The minimum absolute atomic E-state index is 0.148. The van der Waals surface area contributed by atoms with Gasteiger partial charge in [0, 0.05) is 11.4 Å². The van der Waals surface area contributed by atoms with Crippen LogP contribution in [0.1, 0.15) is 26.7 Å². The van der Waals surface area contributed by atoms with Gasteiger partial charge in [-0.1, -0.05) is 6.92 Å². The molecule has 0 fully saturated rings. The van der Waals surface area contributed by atoms with Gasteiger partial charge in [0.1, 0.15) is 10.3 Å². The summed E-state index contributed by atoms with van der Waals surface area (Å²) in [6.45, 7) is 4.13. The zero-order valence-electron chi connectivity index (χ0n) is 9.31. The third-order valence-corrected chi connectivity index (χ3v) is 3.57. The van der Waals surface area contributed by atoms with Crippen LogP contribution in [0, 0.1) is 0 Å². The molecule has 1 aromatic heterocycles. The molecule has 90 valence electrons. The molecule has 0 radical (unpaired) electrons. The Hall–Kier alpha value is -0.550. The molecular formula is C10H15BrClN3O. The van der Waals surface area contributed by atoms with Crippen LogP contribution in [0.3, 0.4) is 0 Å². The molecule has 16 heavy (non-hydrogen) atoms. The molecular weight excluding hydrogens is 293 g/mol. The lowest BCUT2D eigenvalue weighted by Gasteiger charge is -2.29. The molecule has 0 spiro atoms. The van der Waals surface area contributed by atoms with Crippen LogP contribution in [0.4, 0.5) is 5.82 Å². The topological polar surface area (TPSA) is 57.8 Å². The number of alkyl halides is 1. The molecule has 0 amide bonds. The molecule has 0 aromatic carbocycles. The maximum Gasteiger partial charge on any atom is 0.267 e. The smallest absolute Gasteiger partial charge is 0.267 e. The molecule has 0 bridgehead atoms. The lowest BCUT2D eigenvalue weighted by molar-refractivity contribution is 0.478. The van der Waals surface area contributed by atoms with Crippen LogP contribution < -0.4 is 10.9 Å². The van der Waals surface area contributed by atoms with Gasteiger partial charge in [0.15, 0.2) is 0 Å². The molecule has 6 heteroatoms. The molecule has 2 N–H and O–H groups in total. The summed E-state index contributed by atoms with van der Waals surface area (Å²) in [6.07, 6.45) is 3.10. The van der Waals surface area contributed by atoms with Crippen LogP contribution in [0.25, 0.3) is 0 Å². The van der Waals surface area contributed by atoms with Gasteiger partial charge < -0.3 is 10.3 Å². The van der Waals surface area contributed by atoms with E-state index in [1.54, 1.807) is 0 Å². The summed E-state index contributed by atoms with van der Waals surface area (Å²) in [6, 6.07) is 0. The minimum atomic E-state index is -0.193. The highest BCUT2D eigenvalue weighted by Crippen LogP contribution is 2.24. The fourth-order valence-corrected chi connectivity index (χ4v) is 2.03. The largest absolute Gasteiger partial charge is 0.364 e. The predicted molar refractivity (Wildman–Crippen MR) is 70.2 cm³/mol. The molecule has 0 aliphatic heterocycles. The van der Waals surface area contributed by atoms with E-state index in [0.29, 0.717) is 16.2 Å².